The maximum Gasteiger partial charge on any atom is 0.497 e. The largest absolute Gasteiger partial charge is 0.497 e. The third kappa shape index (κ3) is 3.43. The zero-order valence-corrected chi connectivity index (χ0v) is 17.8. The summed E-state index contributed by atoms with van der Waals surface area (Å²) in [6.07, 6.45) is 1.13. The first-order valence-corrected chi connectivity index (χ1v) is 9.40. The number of nitrogens with zero attached hydrogens (tertiary/aromatic N) is 2. The van der Waals surface area contributed by atoms with Gasteiger partial charge >= 0.3 is 13.2 Å². The van der Waals surface area contributed by atoms with Crippen LogP contribution in [0.1, 0.15) is 59.6 Å². The molecule has 0 unspecified atom stereocenters. The number of aryl methyl sites for hydroxylation is 1. The fourth-order valence-corrected chi connectivity index (χ4v) is 3.23. The molecule has 0 saturated carbocycles. The Morgan fingerprint density at radius 2 is 1.75 bits per heavy atom. The monoisotopic (exact) mass is 382 g/mol. The normalized spacial score (nSPS) is 18.3. The minimum atomic E-state index is -0.657. The van der Waals surface area contributed by atoms with Crippen LogP contribution in [-0.2, 0) is 14.0 Å². The van der Waals surface area contributed by atoms with Crippen molar-refractivity contribution >= 4 is 29.6 Å². The van der Waals surface area contributed by atoms with E-state index in [1.165, 1.54) is 4.57 Å². The summed E-state index contributed by atoms with van der Waals surface area (Å²) in [4.78, 5) is 12.9. The lowest BCUT2D eigenvalue weighted by Crippen LogP contribution is -2.41. The third-order valence-corrected chi connectivity index (χ3v) is 5.29. The molecule has 0 radical (unpaired) electrons. The van der Waals surface area contributed by atoms with Crippen molar-refractivity contribution in [3.63, 3.8) is 0 Å². The topological polar surface area (TPSA) is 73.5 Å². The van der Waals surface area contributed by atoms with E-state index in [2.05, 4.69) is 6.07 Å². The number of carbonyl (C=O) groups excluding carboxylic acids is 1. The lowest BCUT2D eigenvalue weighted by atomic mass is 9.78. The van der Waals surface area contributed by atoms with Crippen LogP contribution < -0.4 is 5.46 Å². The predicted molar refractivity (Wildman–Crippen MR) is 109 cm³/mol. The second-order valence-electron chi connectivity index (χ2n) is 9.34. The van der Waals surface area contributed by atoms with Gasteiger partial charge in [-0.2, -0.15) is 5.26 Å². The average Bonchev–Trinajstić information content (AvgIpc) is 2.99. The number of carbonyl (C=O) groups is 1. The molecule has 0 atom stereocenters. The van der Waals surface area contributed by atoms with Gasteiger partial charge < -0.3 is 14.0 Å². The second-order valence-corrected chi connectivity index (χ2v) is 9.34. The molecule has 0 spiro atoms. The summed E-state index contributed by atoms with van der Waals surface area (Å²) in [6.45, 7) is 15.2. The molecule has 1 aromatic carbocycles. The first-order chi connectivity index (χ1) is 12.8. The maximum atomic E-state index is 12.9. The number of aromatic nitrogens is 1. The molecule has 28 heavy (non-hydrogen) atoms. The highest BCUT2D eigenvalue weighted by molar-refractivity contribution is 6.65. The zero-order chi connectivity index (χ0) is 21.1. The zero-order valence-electron chi connectivity index (χ0n) is 17.8. The first kappa shape index (κ1) is 20.4. The Morgan fingerprint density at radius 1 is 1.18 bits per heavy atom. The minimum Gasteiger partial charge on any atom is -0.443 e. The molecule has 0 N–H and O–H groups in total. The van der Waals surface area contributed by atoms with Crippen LogP contribution in [0, 0.1) is 18.3 Å². The van der Waals surface area contributed by atoms with Crippen LogP contribution >= 0.6 is 0 Å². The summed E-state index contributed by atoms with van der Waals surface area (Å²) in [7, 11) is -0.649. The van der Waals surface area contributed by atoms with Crippen molar-refractivity contribution in [1.82, 2.24) is 4.57 Å². The van der Waals surface area contributed by atoms with Gasteiger partial charge in [-0.05, 0) is 67.0 Å². The van der Waals surface area contributed by atoms with Crippen LogP contribution in [-0.4, -0.2) is 34.6 Å². The SMILES string of the molecule is Cc1cc(C#N)c2c(c1)c(B1OC(C)(C)C(C)(C)O1)cn2C(=O)OC(C)(C)C. The van der Waals surface area contributed by atoms with Gasteiger partial charge in [-0.1, -0.05) is 6.07 Å². The molecule has 2 aromatic rings. The van der Waals surface area contributed by atoms with Gasteiger partial charge in [0.15, 0.2) is 0 Å². The highest BCUT2D eigenvalue weighted by atomic mass is 16.7. The van der Waals surface area contributed by atoms with Gasteiger partial charge in [0.05, 0.1) is 22.3 Å². The molecule has 0 amide bonds. The second kappa shape index (κ2) is 6.36. The van der Waals surface area contributed by atoms with Gasteiger partial charge in [0.2, 0.25) is 0 Å². The van der Waals surface area contributed by atoms with Crippen molar-refractivity contribution in [2.45, 2.75) is 72.2 Å². The summed E-state index contributed by atoms with van der Waals surface area (Å²) in [5, 5.41) is 10.4. The molecular weight excluding hydrogens is 355 g/mol. The van der Waals surface area contributed by atoms with E-state index < -0.39 is 30.0 Å². The fraction of sp³-hybridized carbons (Fsp3) is 0.524. The van der Waals surface area contributed by atoms with Crippen molar-refractivity contribution in [2.24, 2.45) is 0 Å². The molecule has 1 saturated heterocycles. The number of hydrogen-bond acceptors (Lipinski definition) is 5. The fourth-order valence-electron chi connectivity index (χ4n) is 3.23. The quantitative estimate of drug-likeness (QED) is 0.700. The van der Waals surface area contributed by atoms with E-state index in [9.17, 15) is 10.1 Å². The molecule has 148 valence electrons. The molecule has 7 heteroatoms. The summed E-state index contributed by atoms with van der Waals surface area (Å²) >= 11 is 0. The molecule has 2 heterocycles. The number of ether oxygens (including phenoxy) is 1. The van der Waals surface area contributed by atoms with Crippen LogP contribution in [0.5, 0.6) is 0 Å². The van der Waals surface area contributed by atoms with Gasteiger partial charge in [-0.15, -0.1) is 0 Å². The standard InChI is InChI=1S/C21H27BN2O4/c1-13-9-14(11-23)17-15(10-13)16(12-24(17)18(25)26-19(2,3)4)22-27-20(5,6)21(7,8)28-22/h9-10,12H,1-8H3. The number of fused-ring (bicyclic) bond motifs is 1. The molecule has 0 bridgehead atoms. The van der Waals surface area contributed by atoms with Crippen LogP contribution in [0.2, 0.25) is 0 Å². The van der Waals surface area contributed by atoms with E-state index in [-0.39, 0.29) is 0 Å². The van der Waals surface area contributed by atoms with Gasteiger partial charge in [0.1, 0.15) is 11.7 Å². The highest BCUT2D eigenvalue weighted by Crippen LogP contribution is 2.37. The van der Waals surface area contributed by atoms with E-state index in [0.717, 1.165) is 10.9 Å². The Kier molecular flexibility index (Phi) is 4.65. The summed E-state index contributed by atoms with van der Waals surface area (Å²) in [5.74, 6) is 0. The van der Waals surface area contributed by atoms with Crippen LogP contribution in [0.15, 0.2) is 18.3 Å². The van der Waals surface area contributed by atoms with E-state index in [1.807, 2.05) is 40.7 Å². The Balaban J connectivity index is 2.21. The predicted octanol–water partition coefficient (Wildman–Crippen LogP) is 3.90. The molecule has 1 aliphatic rings. The average molecular weight is 382 g/mol. The number of hydrogen-bond donors (Lipinski definition) is 0. The Morgan fingerprint density at radius 3 is 2.25 bits per heavy atom. The van der Waals surface area contributed by atoms with E-state index in [4.69, 9.17) is 14.0 Å². The molecule has 1 aromatic heterocycles. The first-order valence-electron chi connectivity index (χ1n) is 9.40. The molecule has 0 aliphatic carbocycles. The van der Waals surface area contributed by atoms with Gasteiger partial charge in [-0.25, -0.2) is 4.79 Å². The van der Waals surface area contributed by atoms with E-state index >= 15 is 0 Å². The lowest BCUT2D eigenvalue weighted by Gasteiger charge is -2.32. The van der Waals surface area contributed by atoms with Gasteiger partial charge in [0.25, 0.3) is 0 Å². The van der Waals surface area contributed by atoms with Crippen LogP contribution in [0.25, 0.3) is 10.9 Å². The summed E-state index contributed by atoms with van der Waals surface area (Å²) in [6, 6.07) is 5.90. The molecule has 3 rings (SSSR count). The van der Waals surface area contributed by atoms with Crippen molar-refractivity contribution in [1.29, 1.82) is 5.26 Å². The molecular formula is C21H27BN2O4. The Labute approximate surface area is 166 Å². The van der Waals surface area contributed by atoms with Gasteiger partial charge in [-0.3, -0.25) is 4.57 Å². The van der Waals surface area contributed by atoms with Crippen molar-refractivity contribution in [3.05, 3.63) is 29.5 Å². The maximum absolute atomic E-state index is 12.9. The number of benzene rings is 1. The highest BCUT2D eigenvalue weighted by Gasteiger charge is 2.52. The van der Waals surface area contributed by atoms with Crippen LogP contribution in [0.3, 0.4) is 0 Å². The van der Waals surface area contributed by atoms with E-state index in [0.29, 0.717) is 16.5 Å². The number of rotatable bonds is 1. The third-order valence-electron chi connectivity index (χ3n) is 5.29. The molecule has 1 fully saturated rings. The summed E-state index contributed by atoms with van der Waals surface area (Å²) < 4.78 is 19.3. The summed E-state index contributed by atoms with van der Waals surface area (Å²) in [5.41, 5.74) is 0.856. The molecule has 1 aliphatic heterocycles. The number of nitriles is 1. The molecule has 6 nitrogen and oxygen atoms in total. The Bertz CT molecular complexity index is 976. The minimum absolute atomic E-state index is 0.406. The van der Waals surface area contributed by atoms with Crippen molar-refractivity contribution in [3.8, 4) is 6.07 Å². The van der Waals surface area contributed by atoms with Crippen molar-refractivity contribution < 1.29 is 18.8 Å². The van der Waals surface area contributed by atoms with E-state index in [1.54, 1.807) is 33.0 Å². The smallest absolute Gasteiger partial charge is 0.443 e. The van der Waals surface area contributed by atoms with Crippen molar-refractivity contribution in [2.75, 3.05) is 0 Å². The van der Waals surface area contributed by atoms with Crippen LogP contribution in [0.4, 0.5) is 4.79 Å². The lowest BCUT2D eigenvalue weighted by molar-refractivity contribution is 0.00578. The Hall–Kier alpha value is -2.30. The van der Waals surface area contributed by atoms with Gasteiger partial charge in [0, 0.05) is 17.0 Å².